The molecule has 0 aliphatic heterocycles. The molecule has 0 amide bonds. The smallest absolute Gasteiger partial charge is 0.230 e. The van der Waals surface area contributed by atoms with E-state index in [1.807, 2.05) is 42.5 Å². The second kappa shape index (κ2) is 5.45. The van der Waals surface area contributed by atoms with Gasteiger partial charge in [0.25, 0.3) is 0 Å². The van der Waals surface area contributed by atoms with Crippen LogP contribution in [0.1, 0.15) is 16.1 Å². The van der Waals surface area contributed by atoms with Crippen molar-refractivity contribution in [2.75, 3.05) is 0 Å². The van der Waals surface area contributed by atoms with Crippen molar-refractivity contribution in [3.63, 3.8) is 0 Å². The van der Waals surface area contributed by atoms with E-state index in [0.29, 0.717) is 16.3 Å². The third kappa shape index (κ3) is 2.35. The number of carbonyl (C=O) groups is 1. The van der Waals surface area contributed by atoms with Gasteiger partial charge in [0.05, 0.1) is 11.8 Å². The Morgan fingerprint density at radius 3 is 2.70 bits per heavy atom. The summed E-state index contributed by atoms with van der Waals surface area (Å²) >= 11 is 6.06. The quantitative estimate of drug-likeness (QED) is 0.519. The van der Waals surface area contributed by atoms with Crippen molar-refractivity contribution >= 4 is 28.3 Å². The Labute approximate surface area is 137 Å². The molecule has 4 aromatic rings. The highest BCUT2D eigenvalue weighted by molar-refractivity contribution is 6.31. The van der Waals surface area contributed by atoms with Crippen LogP contribution in [0.4, 0.5) is 0 Å². The fraction of sp³-hybridized carbons (Fsp3) is 0. The third-order valence-electron chi connectivity index (χ3n) is 3.84. The van der Waals surface area contributed by atoms with Crippen LogP contribution in [0, 0.1) is 0 Å². The number of ketones is 1. The molecule has 0 aliphatic carbocycles. The summed E-state index contributed by atoms with van der Waals surface area (Å²) < 4.78 is 5.49. The number of benzene rings is 2. The van der Waals surface area contributed by atoms with E-state index >= 15 is 0 Å². The van der Waals surface area contributed by atoms with Gasteiger partial charge >= 0.3 is 0 Å². The fourth-order valence-corrected chi connectivity index (χ4v) is 2.91. The Morgan fingerprint density at radius 1 is 1.04 bits per heavy atom. The molecular weight excluding hydrogens is 310 g/mol. The largest absolute Gasteiger partial charge is 0.460 e. The zero-order valence-corrected chi connectivity index (χ0v) is 12.8. The third-order valence-corrected chi connectivity index (χ3v) is 4.08. The average Bonchev–Trinajstić information content (AvgIpc) is 3.21. The van der Waals surface area contributed by atoms with Crippen LogP contribution in [0.15, 0.2) is 71.5 Å². The van der Waals surface area contributed by atoms with Crippen molar-refractivity contribution in [1.82, 2.24) is 4.98 Å². The number of furan rings is 1. The molecule has 2 aromatic carbocycles. The molecular formula is C19H12ClNO2. The van der Waals surface area contributed by atoms with E-state index in [1.54, 1.807) is 18.3 Å². The summed E-state index contributed by atoms with van der Waals surface area (Å²) in [6, 6.07) is 16.9. The summed E-state index contributed by atoms with van der Waals surface area (Å²) in [6.07, 6.45) is 3.23. The van der Waals surface area contributed by atoms with Gasteiger partial charge in [0.1, 0.15) is 0 Å². The molecule has 0 saturated heterocycles. The maximum Gasteiger partial charge on any atom is 0.230 e. The van der Waals surface area contributed by atoms with Gasteiger partial charge in [-0.3, -0.25) is 4.79 Å². The number of aromatic nitrogens is 1. The predicted molar refractivity (Wildman–Crippen MR) is 90.9 cm³/mol. The summed E-state index contributed by atoms with van der Waals surface area (Å²) in [4.78, 5) is 16.0. The normalized spacial score (nSPS) is 11.0. The molecule has 3 nitrogen and oxygen atoms in total. The van der Waals surface area contributed by atoms with Gasteiger partial charge < -0.3 is 9.40 Å². The molecule has 4 rings (SSSR count). The second-order valence-corrected chi connectivity index (χ2v) is 5.69. The lowest BCUT2D eigenvalue weighted by molar-refractivity contribution is 0.101. The molecule has 112 valence electrons. The first-order chi connectivity index (χ1) is 11.2. The predicted octanol–water partition coefficient (Wildman–Crippen LogP) is 5.31. The van der Waals surface area contributed by atoms with Crippen LogP contribution in [-0.4, -0.2) is 10.8 Å². The van der Waals surface area contributed by atoms with Crippen LogP contribution < -0.4 is 0 Å². The lowest BCUT2D eigenvalue weighted by Gasteiger charge is -2.02. The Kier molecular flexibility index (Phi) is 3.28. The van der Waals surface area contributed by atoms with E-state index in [-0.39, 0.29) is 5.78 Å². The second-order valence-electron chi connectivity index (χ2n) is 5.25. The molecule has 2 aromatic heterocycles. The maximum absolute atomic E-state index is 12.9. The Balaban J connectivity index is 1.84. The summed E-state index contributed by atoms with van der Waals surface area (Å²) in [6.45, 7) is 0. The van der Waals surface area contributed by atoms with Crippen LogP contribution >= 0.6 is 11.6 Å². The van der Waals surface area contributed by atoms with Crippen LogP contribution in [0.25, 0.3) is 22.0 Å². The molecule has 23 heavy (non-hydrogen) atoms. The highest BCUT2D eigenvalue weighted by Crippen LogP contribution is 2.30. The standard InChI is InChI=1S/C19H12ClNO2/c20-13-6-7-17-15(10-13)16(11-21-17)18(22)19-14(8-9-23-19)12-4-2-1-3-5-12/h1-11,21H. The Bertz CT molecular complexity index is 999. The Morgan fingerprint density at radius 2 is 1.87 bits per heavy atom. The highest BCUT2D eigenvalue weighted by atomic mass is 35.5. The number of nitrogens with one attached hydrogen (secondary N) is 1. The Hall–Kier alpha value is -2.78. The van der Waals surface area contributed by atoms with Gasteiger partial charge in [0, 0.05) is 27.7 Å². The minimum absolute atomic E-state index is 0.164. The molecule has 0 unspecified atom stereocenters. The molecule has 0 fully saturated rings. The van der Waals surface area contributed by atoms with Crippen LogP contribution in [0.2, 0.25) is 5.02 Å². The average molecular weight is 322 g/mol. The van der Waals surface area contributed by atoms with Gasteiger partial charge in [0.2, 0.25) is 5.78 Å². The number of halogens is 1. The van der Waals surface area contributed by atoms with Gasteiger partial charge in [-0.15, -0.1) is 0 Å². The van der Waals surface area contributed by atoms with E-state index < -0.39 is 0 Å². The van der Waals surface area contributed by atoms with E-state index in [0.717, 1.165) is 22.0 Å². The topological polar surface area (TPSA) is 46.0 Å². The fourth-order valence-electron chi connectivity index (χ4n) is 2.73. The SMILES string of the molecule is O=C(c1occc1-c1ccccc1)c1c[nH]c2ccc(Cl)cc12. The maximum atomic E-state index is 12.9. The first-order valence-electron chi connectivity index (χ1n) is 7.18. The molecule has 1 N–H and O–H groups in total. The van der Waals surface area contributed by atoms with Crippen molar-refractivity contribution < 1.29 is 9.21 Å². The van der Waals surface area contributed by atoms with E-state index in [9.17, 15) is 4.79 Å². The first-order valence-corrected chi connectivity index (χ1v) is 7.56. The van der Waals surface area contributed by atoms with Crippen molar-refractivity contribution in [2.45, 2.75) is 0 Å². The van der Waals surface area contributed by atoms with Crippen molar-refractivity contribution in [2.24, 2.45) is 0 Å². The van der Waals surface area contributed by atoms with Crippen LogP contribution in [-0.2, 0) is 0 Å². The van der Waals surface area contributed by atoms with E-state index in [1.165, 1.54) is 6.26 Å². The number of aromatic amines is 1. The van der Waals surface area contributed by atoms with E-state index in [4.69, 9.17) is 16.0 Å². The molecule has 0 saturated carbocycles. The summed E-state index contributed by atoms with van der Waals surface area (Å²) in [5, 5.41) is 1.38. The molecule has 0 bridgehead atoms. The number of hydrogen-bond acceptors (Lipinski definition) is 2. The number of carbonyl (C=O) groups excluding carboxylic acids is 1. The number of H-pyrrole nitrogens is 1. The summed E-state index contributed by atoms with van der Waals surface area (Å²) in [5.41, 5.74) is 3.15. The number of fused-ring (bicyclic) bond motifs is 1. The lowest BCUT2D eigenvalue weighted by Crippen LogP contribution is -2.00. The van der Waals surface area contributed by atoms with Crippen LogP contribution in [0.3, 0.4) is 0 Å². The minimum Gasteiger partial charge on any atom is -0.460 e. The lowest BCUT2D eigenvalue weighted by atomic mass is 10.0. The number of hydrogen-bond donors (Lipinski definition) is 1. The van der Waals surface area contributed by atoms with Crippen molar-refractivity contribution in [3.05, 3.63) is 83.4 Å². The van der Waals surface area contributed by atoms with Gasteiger partial charge in [-0.05, 0) is 29.8 Å². The summed E-state index contributed by atoms with van der Waals surface area (Å²) in [5.74, 6) is 0.166. The summed E-state index contributed by atoms with van der Waals surface area (Å²) in [7, 11) is 0. The van der Waals surface area contributed by atoms with E-state index in [2.05, 4.69) is 4.98 Å². The highest BCUT2D eigenvalue weighted by Gasteiger charge is 2.21. The van der Waals surface area contributed by atoms with Gasteiger partial charge in [-0.2, -0.15) is 0 Å². The molecule has 2 heterocycles. The molecule has 0 spiro atoms. The van der Waals surface area contributed by atoms with Gasteiger partial charge in [-0.25, -0.2) is 0 Å². The number of rotatable bonds is 3. The molecule has 0 radical (unpaired) electrons. The molecule has 4 heteroatoms. The van der Waals surface area contributed by atoms with Gasteiger partial charge in [0.15, 0.2) is 5.76 Å². The van der Waals surface area contributed by atoms with Crippen LogP contribution in [0.5, 0.6) is 0 Å². The van der Waals surface area contributed by atoms with Crippen molar-refractivity contribution in [3.8, 4) is 11.1 Å². The molecule has 0 aliphatic rings. The van der Waals surface area contributed by atoms with Gasteiger partial charge in [-0.1, -0.05) is 41.9 Å². The zero-order chi connectivity index (χ0) is 15.8. The monoisotopic (exact) mass is 321 g/mol. The van der Waals surface area contributed by atoms with Crippen molar-refractivity contribution in [1.29, 1.82) is 0 Å². The minimum atomic E-state index is -0.164. The first kappa shape index (κ1) is 13.9. The molecule has 0 atom stereocenters. The zero-order valence-electron chi connectivity index (χ0n) is 12.0.